The second kappa shape index (κ2) is 16.6. The summed E-state index contributed by atoms with van der Waals surface area (Å²) in [6.45, 7) is 8.83. The average Bonchev–Trinajstić information content (AvgIpc) is 2.94. The highest BCUT2D eigenvalue weighted by Gasteiger charge is 2.32. The predicted octanol–water partition coefficient (Wildman–Crippen LogP) is 2.77. The second-order valence-corrected chi connectivity index (χ2v) is 12.0. The van der Waals surface area contributed by atoms with Crippen molar-refractivity contribution < 1.29 is 29.0 Å². The van der Waals surface area contributed by atoms with Crippen LogP contribution in [0.4, 0.5) is 4.79 Å². The smallest absolute Gasteiger partial charge is 0.408 e. The van der Waals surface area contributed by atoms with Gasteiger partial charge in [0.1, 0.15) is 29.5 Å². The Balaban J connectivity index is 2.28. The van der Waals surface area contributed by atoms with Gasteiger partial charge in [-0.2, -0.15) is 11.8 Å². The van der Waals surface area contributed by atoms with Crippen LogP contribution in [0.15, 0.2) is 54.6 Å². The van der Waals surface area contributed by atoms with E-state index in [2.05, 4.69) is 21.4 Å². The van der Waals surface area contributed by atoms with Gasteiger partial charge in [0.25, 0.3) is 5.91 Å². The number of hydrazine groups is 1. The molecule has 0 aromatic heterocycles. The number of ether oxygens (including phenoxy) is 1. The van der Waals surface area contributed by atoms with E-state index in [4.69, 9.17) is 10.6 Å². The molecule has 42 heavy (non-hydrogen) atoms. The van der Waals surface area contributed by atoms with E-state index in [0.717, 1.165) is 5.56 Å². The van der Waals surface area contributed by atoms with Gasteiger partial charge in [-0.3, -0.25) is 19.8 Å². The van der Waals surface area contributed by atoms with Gasteiger partial charge in [-0.05, 0) is 49.9 Å². The minimum absolute atomic E-state index is 0.0531. The van der Waals surface area contributed by atoms with Crippen LogP contribution in [0.1, 0.15) is 52.2 Å². The molecule has 0 unspecified atom stereocenters. The molecule has 0 heterocycles. The summed E-state index contributed by atoms with van der Waals surface area (Å²) in [7, 11) is 0. The van der Waals surface area contributed by atoms with Crippen molar-refractivity contribution in [2.45, 2.75) is 76.9 Å². The van der Waals surface area contributed by atoms with Gasteiger partial charge in [-0.15, -0.1) is 0 Å². The molecule has 7 N–H and O–H groups in total. The molecular weight excluding hydrogens is 558 g/mol. The van der Waals surface area contributed by atoms with Crippen molar-refractivity contribution in [3.8, 4) is 5.75 Å². The monoisotopic (exact) mass is 601 g/mol. The second-order valence-electron chi connectivity index (χ2n) is 11.0. The largest absolute Gasteiger partial charge is 0.508 e. The molecule has 0 aliphatic carbocycles. The first kappa shape index (κ1) is 34.4. The number of phenolic OH excluding ortho intramolecular Hbond substituents is 1. The number of alkyl carbamates (subject to hydrolysis) is 1. The highest BCUT2D eigenvalue weighted by atomic mass is 32.2. The average molecular weight is 602 g/mol. The van der Waals surface area contributed by atoms with Gasteiger partial charge in [0, 0.05) is 17.9 Å². The van der Waals surface area contributed by atoms with Gasteiger partial charge < -0.3 is 25.8 Å². The van der Waals surface area contributed by atoms with Gasteiger partial charge in [0.05, 0.1) is 0 Å². The number of carbonyl (C=O) groups excluding carboxylic acids is 4. The van der Waals surface area contributed by atoms with Crippen molar-refractivity contribution in [2.24, 2.45) is 11.8 Å². The molecule has 2 rings (SSSR count). The Kier molecular flexibility index (Phi) is 13.6. The van der Waals surface area contributed by atoms with Crippen LogP contribution in [0, 0.1) is 5.92 Å². The van der Waals surface area contributed by atoms with Crippen molar-refractivity contribution in [3.63, 3.8) is 0 Å². The summed E-state index contributed by atoms with van der Waals surface area (Å²) in [5.74, 6) is 4.22. The maximum absolute atomic E-state index is 13.6. The molecule has 230 valence electrons. The van der Waals surface area contributed by atoms with E-state index < -0.39 is 47.5 Å². The van der Waals surface area contributed by atoms with Crippen molar-refractivity contribution >= 4 is 35.6 Å². The van der Waals surface area contributed by atoms with E-state index in [0.29, 0.717) is 17.7 Å². The maximum Gasteiger partial charge on any atom is 0.408 e. The summed E-state index contributed by atoms with van der Waals surface area (Å²) in [6, 6.07) is 12.8. The quantitative estimate of drug-likeness (QED) is 0.109. The van der Waals surface area contributed by atoms with Crippen LogP contribution in [-0.4, -0.2) is 58.4 Å². The minimum atomic E-state index is -1.11. The fraction of sp³-hybridized carbons (Fsp3) is 0.467. The first-order valence-corrected chi connectivity index (χ1v) is 15.0. The third kappa shape index (κ3) is 12.0. The molecule has 0 saturated heterocycles. The van der Waals surface area contributed by atoms with Gasteiger partial charge in [-0.1, -0.05) is 62.7 Å². The summed E-state index contributed by atoms with van der Waals surface area (Å²) in [5.41, 5.74) is 3.02. The molecule has 12 heteroatoms. The lowest BCUT2D eigenvalue weighted by atomic mass is 9.97. The lowest BCUT2D eigenvalue weighted by Crippen LogP contribution is -2.59. The van der Waals surface area contributed by atoms with E-state index in [9.17, 15) is 24.3 Å². The molecule has 0 radical (unpaired) electrons. The lowest BCUT2D eigenvalue weighted by Gasteiger charge is -2.27. The maximum atomic E-state index is 13.6. The third-order valence-electron chi connectivity index (χ3n) is 6.35. The van der Waals surface area contributed by atoms with Crippen molar-refractivity contribution in [3.05, 3.63) is 65.7 Å². The van der Waals surface area contributed by atoms with Crippen molar-refractivity contribution in [1.29, 1.82) is 0 Å². The summed E-state index contributed by atoms with van der Waals surface area (Å²) in [5, 5.41) is 17.8. The number of thioether (sulfide) groups is 1. The van der Waals surface area contributed by atoms with Crippen LogP contribution >= 0.6 is 11.8 Å². The van der Waals surface area contributed by atoms with Crippen molar-refractivity contribution in [1.82, 2.24) is 21.4 Å². The molecule has 4 amide bonds. The Morgan fingerprint density at radius 3 is 2.07 bits per heavy atom. The van der Waals surface area contributed by atoms with E-state index in [1.165, 1.54) is 23.9 Å². The molecule has 0 spiro atoms. The number of benzene rings is 2. The number of nitrogens with two attached hydrogens (primary N) is 1. The molecule has 0 fully saturated rings. The molecular formula is C30H43N5O6S. The molecule has 2 aromatic rings. The first-order valence-electron chi connectivity index (χ1n) is 13.8. The van der Waals surface area contributed by atoms with Gasteiger partial charge >= 0.3 is 6.09 Å². The Hall–Kier alpha value is -3.77. The van der Waals surface area contributed by atoms with Crippen LogP contribution < -0.4 is 27.2 Å². The Labute approximate surface area is 251 Å². The topological polar surface area (TPSA) is 172 Å². The number of carbonyl (C=O) groups is 4. The van der Waals surface area contributed by atoms with Crippen LogP contribution in [0.25, 0.3) is 0 Å². The fourth-order valence-electron chi connectivity index (χ4n) is 3.90. The molecule has 0 aliphatic rings. The number of hydrogen-bond acceptors (Lipinski definition) is 8. The Bertz CT molecular complexity index is 1170. The number of nitrogens with one attached hydrogen (secondary N) is 4. The number of amides is 4. The molecule has 0 saturated carbocycles. The molecule has 4 atom stereocenters. The summed E-state index contributed by atoms with van der Waals surface area (Å²) < 4.78 is 5.37. The van der Waals surface area contributed by atoms with E-state index in [-0.39, 0.29) is 23.8 Å². The number of aromatic hydroxyl groups is 1. The summed E-state index contributed by atoms with van der Waals surface area (Å²) in [6.07, 6.45) is -0.113. The highest BCUT2D eigenvalue weighted by Crippen LogP contribution is 2.16. The molecule has 0 bridgehead atoms. The van der Waals surface area contributed by atoms with Gasteiger partial charge in [-0.25, -0.2) is 10.6 Å². The number of hydrogen-bond donors (Lipinski definition) is 6. The molecule has 11 nitrogen and oxygen atoms in total. The van der Waals surface area contributed by atoms with Crippen molar-refractivity contribution in [2.75, 3.05) is 5.75 Å². The molecule has 2 aromatic carbocycles. The lowest BCUT2D eigenvalue weighted by molar-refractivity contribution is -0.133. The van der Waals surface area contributed by atoms with Crippen LogP contribution in [0.5, 0.6) is 5.75 Å². The summed E-state index contributed by atoms with van der Waals surface area (Å²) >= 11 is 1.44. The third-order valence-corrected chi connectivity index (χ3v) is 7.45. The van der Waals surface area contributed by atoms with Crippen LogP contribution in [0.2, 0.25) is 0 Å². The standard InChI is InChI=1S/C30H43N5O6S/c1-6-19(2)25(28(39)35-31)34-26(37)23(16-20-12-14-22(36)15-13-20)32-27(38)24(33-29(40)41-30(3,4)5)18-42-17-21-10-8-7-9-11-21/h7-15,19,23-25,36H,6,16-18,31H2,1-5H3,(H,32,38)(H,33,40)(H,34,37)(H,35,39)/t19-,23-,24-,25-/m0/s1. The Morgan fingerprint density at radius 2 is 1.50 bits per heavy atom. The first-order chi connectivity index (χ1) is 19.8. The normalized spacial score (nSPS) is 14.0. The van der Waals surface area contributed by atoms with Crippen LogP contribution in [-0.2, 0) is 31.3 Å². The molecule has 0 aliphatic heterocycles. The predicted molar refractivity (Wildman–Crippen MR) is 163 cm³/mol. The highest BCUT2D eigenvalue weighted by molar-refractivity contribution is 7.98. The van der Waals surface area contributed by atoms with E-state index in [1.807, 2.05) is 37.3 Å². The Morgan fingerprint density at radius 1 is 0.881 bits per heavy atom. The zero-order valence-electron chi connectivity index (χ0n) is 24.8. The SMILES string of the molecule is CC[C@H](C)[C@H](NC(=O)[C@H](Cc1ccc(O)cc1)NC(=O)[C@H](CSCc1ccccc1)NC(=O)OC(C)(C)C)C(=O)NN. The van der Waals surface area contributed by atoms with Crippen LogP contribution in [0.3, 0.4) is 0 Å². The summed E-state index contributed by atoms with van der Waals surface area (Å²) in [4.78, 5) is 52.2. The number of rotatable bonds is 14. The minimum Gasteiger partial charge on any atom is -0.508 e. The fourth-order valence-corrected chi connectivity index (χ4v) is 4.91. The van der Waals surface area contributed by atoms with Gasteiger partial charge in [0.15, 0.2) is 0 Å². The number of phenols is 1. The zero-order chi connectivity index (χ0) is 31.3. The zero-order valence-corrected chi connectivity index (χ0v) is 25.6. The van der Waals surface area contributed by atoms with E-state index >= 15 is 0 Å². The van der Waals surface area contributed by atoms with Gasteiger partial charge in [0.2, 0.25) is 11.8 Å². The van der Waals surface area contributed by atoms with E-state index in [1.54, 1.807) is 39.8 Å².